The van der Waals surface area contributed by atoms with Crippen LogP contribution in [0.25, 0.3) is 0 Å². The Morgan fingerprint density at radius 2 is 2.27 bits per heavy atom. The zero-order valence-corrected chi connectivity index (χ0v) is 11.4. The number of carbonyl (C=O) groups excluding carboxylic acids is 1. The number of nitrogens with one attached hydrogen (secondary N) is 1. The van der Waals surface area contributed by atoms with E-state index in [4.69, 9.17) is 11.6 Å². The van der Waals surface area contributed by atoms with Gasteiger partial charge in [-0.2, -0.15) is 12.6 Å². The standard InChI is InChI=1S/C10H11BrClNOS/c1-6-4-7(11)9(5-8(6)12)13-10(14)2-3-15/h4-5,15H,2-3H2,1H3,(H,13,14). The van der Waals surface area contributed by atoms with Crippen molar-refractivity contribution in [2.75, 3.05) is 11.1 Å². The molecule has 0 saturated carbocycles. The first-order valence-electron chi connectivity index (χ1n) is 4.41. The molecule has 0 aliphatic rings. The number of amides is 1. The Labute approximate surface area is 108 Å². The second-order valence-corrected chi connectivity index (χ2v) is 4.81. The third kappa shape index (κ3) is 3.70. The van der Waals surface area contributed by atoms with Crippen molar-refractivity contribution in [2.24, 2.45) is 0 Å². The van der Waals surface area contributed by atoms with Gasteiger partial charge in [0, 0.05) is 15.9 Å². The highest BCUT2D eigenvalue weighted by molar-refractivity contribution is 9.10. The van der Waals surface area contributed by atoms with E-state index in [1.165, 1.54) is 0 Å². The minimum absolute atomic E-state index is 0.0642. The minimum atomic E-state index is -0.0642. The van der Waals surface area contributed by atoms with E-state index in [1.54, 1.807) is 6.07 Å². The molecule has 0 heterocycles. The maximum atomic E-state index is 11.3. The molecule has 0 radical (unpaired) electrons. The Hall–Kier alpha value is -0.190. The third-order valence-corrected chi connectivity index (χ3v) is 3.15. The average molecular weight is 309 g/mol. The lowest BCUT2D eigenvalue weighted by Crippen LogP contribution is -2.12. The predicted octanol–water partition coefficient (Wildman–Crippen LogP) is 3.67. The fraction of sp³-hybridized carbons (Fsp3) is 0.300. The molecule has 1 aromatic carbocycles. The molecule has 0 saturated heterocycles. The Morgan fingerprint density at radius 1 is 1.60 bits per heavy atom. The number of halogens is 2. The van der Waals surface area contributed by atoms with Crippen LogP contribution >= 0.6 is 40.2 Å². The smallest absolute Gasteiger partial charge is 0.225 e. The van der Waals surface area contributed by atoms with Crippen LogP contribution in [0.4, 0.5) is 5.69 Å². The molecule has 0 bridgehead atoms. The van der Waals surface area contributed by atoms with Crippen molar-refractivity contribution in [3.63, 3.8) is 0 Å². The van der Waals surface area contributed by atoms with Gasteiger partial charge in [0.2, 0.25) is 5.91 Å². The molecule has 82 valence electrons. The van der Waals surface area contributed by atoms with Gasteiger partial charge in [-0.1, -0.05) is 11.6 Å². The molecule has 0 spiro atoms. The van der Waals surface area contributed by atoms with Gasteiger partial charge in [-0.3, -0.25) is 4.79 Å². The van der Waals surface area contributed by atoms with Gasteiger partial charge in [-0.15, -0.1) is 0 Å². The number of thiol groups is 1. The van der Waals surface area contributed by atoms with Crippen LogP contribution in [0, 0.1) is 6.92 Å². The van der Waals surface area contributed by atoms with Gasteiger partial charge in [0.05, 0.1) is 5.69 Å². The van der Waals surface area contributed by atoms with Crippen LogP contribution < -0.4 is 5.32 Å². The Bertz CT molecular complexity index is 384. The van der Waals surface area contributed by atoms with Crippen LogP contribution in [-0.2, 0) is 4.79 Å². The lowest BCUT2D eigenvalue weighted by molar-refractivity contribution is -0.115. The number of aryl methyl sites for hydroxylation is 1. The van der Waals surface area contributed by atoms with Crippen molar-refractivity contribution in [2.45, 2.75) is 13.3 Å². The van der Waals surface area contributed by atoms with Crippen LogP contribution in [0.5, 0.6) is 0 Å². The Morgan fingerprint density at radius 3 is 2.87 bits per heavy atom. The molecule has 2 nitrogen and oxygen atoms in total. The van der Waals surface area contributed by atoms with Crippen molar-refractivity contribution in [3.8, 4) is 0 Å². The fourth-order valence-corrected chi connectivity index (χ4v) is 1.98. The van der Waals surface area contributed by atoms with Crippen LogP contribution in [0.2, 0.25) is 5.02 Å². The maximum Gasteiger partial charge on any atom is 0.225 e. The first kappa shape index (κ1) is 12.9. The van der Waals surface area contributed by atoms with Crippen molar-refractivity contribution in [3.05, 3.63) is 27.2 Å². The van der Waals surface area contributed by atoms with Crippen molar-refractivity contribution >= 4 is 51.8 Å². The second kappa shape index (κ2) is 5.77. The second-order valence-electron chi connectivity index (χ2n) is 3.10. The Balaban J connectivity index is 2.86. The van der Waals surface area contributed by atoms with E-state index in [2.05, 4.69) is 33.9 Å². The van der Waals surface area contributed by atoms with Gasteiger partial charge in [-0.25, -0.2) is 0 Å². The van der Waals surface area contributed by atoms with Gasteiger partial charge in [-0.05, 0) is 46.3 Å². The SMILES string of the molecule is Cc1cc(Br)c(NC(=O)CCS)cc1Cl. The summed E-state index contributed by atoms with van der Waals surface area (Å²) in [6.45, 7) is 1.91. The summed E-state index contributed by atoms with van der Waals surface area (Å²) in [5, 5.41) is 3.40. The highest BCUT2D eigenvalue weighted by Gasteiger charge is 2.07. The third-order valence-electron chi connectivity index (χ3n) is 1.86. The summed E-state index contributed by atoms with van der Waals surface area (Å²) in [4.78, 5) is 11.3. The van der Waals surface area contributed by atoms with Crippen LogP contribution in [-0.4, -0.2) is 11.7 Å². The highest BCUT2D eigenvalue weighted by atomic mass is 79.9. The molecule has 1 aromatic rings. The van der Waals surface area contributed by atoms with Gasteiger partial charge >= 0.3 is 0 Å². The molecule has 0 atom stereocenters. The van der Waals surface area contributed by atoms with Crippen molar-refractivity contribution in [1.82, 2.24) is 0 Å². The van der Waals surface area contributed by atoms with Crippen molar-refractivity contribution in [1.29, 1.82) is 0 Å². The summed E-state index contributed by atoms with van der Waals surface area (Å²) in [5.41, 5.74) is 1.66. The summed E-state index contributed by atoms with van der Waals surface area (Å²) in [5.74, 6) is 0.467. The molecular weight excluding hydrogens is 298 g/mol. The van der Waals surface area contributed by atoms with E-state index in [9.17, 15) is 4.79 Å². The lowest BCUT2D eigenvalue weighted by Gasteiger charge is -2.08. The average Bonchev–Trinajstić information content (AvgIpc) is 2.14. The molecule has 1 rings (SSSR count). The highest BCUT2D eigenvalue weighted by Crippen LogP contribution is 2.29. The molecule has 0 aromatic heterocycles. The first-order valence-corrected chi connectivity index (χ1v) is 6.21. The zero-order valence-electron chi connectivity index (χ0n) is 8.18. The van der Waals surface area contributed by atoms with E-state index in [1.807, 2.05) is 13.0 Å². The van der Waals surface area contributed by atoms with Gasteiger partial charge in [0.25, 0.3) is 0 Å². The number of hydrogen-bond donors (Lipinski definition) is 2. The normalized spacial score (nSPS) is 10.1. The van der Waals surface area contributed by atoms with Crippen LogP contribution in [0.15, 0.2) is 16.6 Å². The van der Waals surface area contributed by atoms with E-state index in [0.29, 0.717) is 22.9 Å². The lowest BCUT2D eigenvalue weighted by atomic mass is 10.2. The first-order chi connectivity index (χ1) is 7.04. The summed E-state index contributed by atoms with van der Waals surface area (Å²) in [6, 6.07) is 3.61. The van der Waals surface area contributed by atoms with E-state index >= 15 is 0 Å². The molecule has 1 N–H and O–H groups in total. The number of anilines is 1. The maximum absolute atomic E-state index is 11.3. The summed E-state index contributed by atoms with van der Waals surface area (Å²) >= 11 is 13.3. The number of carbonyl (C=O) groups is 1. The molecule has 5 heteroatoms. The predicted molar refractivity (Wildman–Crippen MR) is 71.0 cm³/mol. The topological polar surface area (TPSA) is 29.1 Å². The summed E-state index contributed by atoms with van der Waals surface area (Å²) in [7, 11) is 0. The molecule has 0 aliphatic heterocycles. The molecule has 1 amide bonds. The van der Waals surface area contributed by atoms with E-state index in [0.717, 1.165) is 10.0 Å². The summed E-state index contributed by atoms with van der Waals surface area (Å²) < 4.78 is 0.830. The quantitative estimate of drug-likeness (QED) is 0.820. The zero-order chi connectivity index (χ0) is 11.4. The molecule has 0 fully saturated rings. The molecular formula is C10H11BrClNOS. The summed E-state index contributed by atoms with van der Waals surface area (Å²) in [6.07, 6.45) is 0.390. The number of rotatable bonds is 3. The molecule has 0 aliphatic carbocycles. The minimum Gasteiger partial charge on any atom is -0.325 e. The fourth-order valence-electron chi connectivity index (χ4n) is 1.06. The van der Waals surface area contributed by atoms with Gasteiger partial charge < -0.3 is 5.32 Å². The monoisotopic (exact) mass is 307 g/mol. The Kier molecular flexibility index (Phi) is 4.96. The van der Waals surface area contributed by atoms with Gasteiger partial charge in [0.1, 0.15) is 0 Å². The van der Waals surface area contributed by atoms with E-state index < -0.39 is 0 Å². The largest absolute Gasteiger partial charge is 0.325 e. The number of benzene rings is 1. The van der Waals surface area contributed by atoms with Crippen LogP contribution in [0.3, 0.4) is 0 Å². The van der Waals surface area contributed by atoms with Crippen molar-refractivity contribution < 1.29 is 4.79 Å². The molecule has 0 unspecified atom stereocenters. The van der Waals surface area contributed by atoms with Crippen LogP contribution in [0.1, 0.15) is 12.0 Å². The number of hydrogen-bond acceptors (Lipinski definition) is 2. The van der Waals surface area contributed by atoms with Gasteiger partial charge in [0.15, 0.2) is 0 Å². The van der Waals surface area contributed by atoms with E-state index in [-0.39, 0.29) is 5.91 Å². The molecule has 15 heavy (non-hydrogen) atoms.